The summed E-state index contributed by atoms with van der Waals surface area (Å²) in [6, 6.07) is 14.2. The van der Waals surface area contributed by atoms with Crippen molar-refractivity contribution in [3.63, 3.8) is 0 Å². The van der Waals surface area contributed by atoms with E-state index < -0.39 is 0 Å². The van der Waals surface area contributed by atoms with Crippen LogP contribution in [0.3, 0.4) is 0 Å². The van der Waals surface area contributed by atoms with E-state index in [1.54, 1.807) is 23.5 Å². The number of nitrogens with zero attached hydrogens (tertiary/aromatic N) is 2. The summed E-state index contributed by atoms with van der Waals surface area (Å²) < 4.78 is 13.1. The van der Waals surface area contributed by atoms with E-state index in [9.17, 15) is 9.18 Å². The van der Waals surface area contributed by atoms with Gasteiger partial charge in [0.15, 0.2) is 0 Å². The number of hydrogen-bond acceptors (Lipinski definition) is 3. The number of aromatic nitrogens is 1. The Morgan fingerprint density at radius 1 is 1.07 bits per heavy atom. The number of aryl methyl sites for hydroxylation is 1. The van der Waals surface area contributed by atoms with Crippen molar-refractivity contribution in [2.24, 2.45) is 0 Å². The number of rotatable bonds is 3. The maximum absolute atomic E-state index is 13.1. The van der Waals surface area contributed by atoms with Crippen molar-refractivity contribution in [1.82, 2.24) is 9.88 Å². The molecular weight excluding hydrogens is 359 g/mol. The van der Waals surface area contributed by atoms with Crippen molar-refractivity contribution in [1.29, 1.82) is 0 Å². The van der Waals surface area contributed by atoms with Gasteiger partial charge in [0.1, 0.15) is 10.8 Å². The van der Waals surface area contributed by atoms with Crippen LogP contribution in [0.25, 0.3) is 16.1 Å². The summed E-state index contributed by atoms with van der Waals surface area (Å²) in [5, 5.41) is 2.99. The van der Waals surface area contributed by atoms with Gasteiger partial charge < -0.3 is 4.90 Å². The highest BCUT2D eigenvalue weighted by Crippen LogP contribution is 2.26. The number of carbonyl (C=O) groups excluding carboxylic acids is 1. The molecule has 4 rings (SSSR count). The van der Waals surface area contributed by atoms with Crippen LogP contribution in [0.15, 0.2) is 60.0 Å². The van der Waals surface area contributed by atoms with Crippen LogP contribution in [0.1, 0.15) is 28.0 Å². The summed E-state index contributed by atoms with van der Waals surface area (Å²) >= 11 is 1.61. The van der Waals surface area contributed by atoms with Gasteiger partial charge in [0, 0.05) is 35.3 Å². The van der Waals surface area contributed by atoms with Crippen molar-refractivity contribution < 1.29 is 9.18 Å². The summed E-state index contributed by atoms with van der Waals surface area (Å²) in [6.45, 7) is 3.20. The number of amides is 1. The molecule has 3 nitrogen and oxygen atoms in total. The second kappa shape index (κ2) is 7.45. The Balaban J connectivity index is 1.45. The van der Waals surface area contributed by atoms with Gasteiger partial charge in [0.2, 0.25) is 0 Å². The minimum atomic E-state index is -0.233. The fourth-order valence-electron chi connectivity index (χ4n) is 3.20. The topological polar surface area (TPSA) is 33.2 Å². The van der Waals surface area contributed by atoms with Crippen molar-refractivity contribution in [2.75, 3.05) is 13.1 Å². The van der Waals surface area contributed by atoms with Gasteiger partial charge in [-0.25, -0.2) is 9.37 Å². The van der Waals surface area contributed by atoms with Crippen LogP contribution in [0, 0.1) is 12.7 Å². The minimum Gasteiger partial charge on any atom is -0.335 e. The van der Waals surface area contributed by atoms with Crippen molar-refractivity contribution in [3.8, 4) is 10.6 Å². The normalized spacial score (nSPS) is 14.1. The van der Waals surface area contributed by atoms with Crippen LogP contribution in [0.4, 0.5) is 4.39 Å². The molecule has 0 unspecified atom stereocenters. The first kappa shape index (κ1) is 17.6. The first-order chi connectivity index (χ1) is 13.1. The number of thiazole rings is 1. The fourth-order valence-corrected chi connectivity index (χ4v) is 4.01. The third-order valence-electron chi connectivity index (χ3n) is 4.71. The van der Waals surface area contributed by atoms with E-state index in [-0.39, 0.29) is 11.7 Å². The Labute approximate surface area is 161 Å². The van der Waals surface area contributed by atoms with Crippen LogP contribution in [0.5, 0.6) is 0 Å². The first-order valence-corrected chi connectivity index (χ1v) is 9.75. The number of carbonyl (C=O) groups is 1. The van der Waals surface area contributed by atoms with Gasteiger partial charge in [0.25, 0.3) is 5.91 Å². The van der Waals surface area contributed by atoms with Crippen LogP contribution < -0.4 is 0 Å². The SMILES string of the molecule is Cc1csc(-c2ccc(C(=O)N3CC=C(c4ccc(F)cc4)CC3)cc2)n1. The van der Waals surface area contributed by atoms with Gasteiger partial charge in [-0.3, -0.25) is 4.79 Å². The molecule has 5 heteroatoms. The lowest BCUT2D eigenvalue weighted by Gasteiger charge is -2.27. The van der Waals surface area contributed by atoms with E-state index in [4.69, 9.17) is 0 Å². The predicted octanol–water partition coefficient (Wildman–Crippen LogP) is 5.19. The Morgan fingerprint density at radius 2 is 1.78 bits per heavy atom. The zero-order valence-electron chi connectivity index (χ0n) is 15.0. The van der Waals surface area contributed by atoms with E-state index >= 15 is 0 Å². The molecule has 2 heterocycles. The van der Waals surface area contributed by atoms with Crippen LogP contribution >= 0.6 is 11.3 Å². The van der Waals surface area contributed by atoms with Gasteiger partial charge in [-0.1, -0.05) is 30.3 Å². The smallest absolute Gasteiger partial charge is 0.254 e. The molecule has 0 spiro atoms. The Kier molecular flexibility index (Phi) is 4.86. The average Bonchev–Trinajstić information content (AvgIpc) is 3.15. The Bertz CT molecular complexity index is 990. The number of hydrogen-bond donors (Lipinski definition) is 0. The van der Waals surface area contributed by atoms with Crippen molar-refractivity contribution >= 4 is 22.8 Å². The summed E-state index contributed by atoms with van der Waals surface area (Å²) in [5.74, 6) is -0.199. The molecule has 1 aliphatic rings. The largest absolute Gasteiger partial charge is 0.335 e. The third-order valence-corrected chi connectivity index (χ3v) is 5.72. The first-order valence-electron chi connectivity index (χ1n) is 8.87. The van der Waals surface area contributed by atoms with Gasteiger partial charge in [0.05, 0.1) is 0 Å². The molecule has 0 radical (unpaired) electrons. The molecule has 1 aromatic heterocycles. The fraction of sp³-hybridized carbons (Fsp3) is 0.182. The lowest BCUT2D eigenvalue weighted by molar-refractivity contribution is 0.0773. The molecule has 2 aromatic carbocycles. The van der Waals surface area contributed by atoms with Crippen LogP contribution in [0.2, 0.25) is 0 Å². The van der Waals surface area contributed by atoms with Crippen LogP contribution in [-0.4, -0.2) is 28.9 Å². The lowest BCUT2D eigenvalue weighted by atomic mass is 9.99. The standard InChI is InChI=1S/C22H19FN2OS/c1-15-14-27-21(24-15)18-2-4-19(5-3-18)22(26)25-12-10-17(11-13-25)16-6-8-20(23)9-7-16/h2-10,14H,11-13H2,1H3. The zero-order chi connectivity index (χ0) is 18.8. The predicted molar refractivity (Wildman–Crippen MR) is 107 cm³/mol. The van der Waals surface area contributed by atoms with Gasteiger partial charge in [-0.2, -0.15) is 0 Å². The van der Waals surface area contributed by atoms with E-state index in [1.807, 2.05) is 41.5 Å². The molecule has 1 aliphatic heterocycles. The second-order valence-corrected chi connectivity index (χ2v) is 7.47. The van der Waals surface area contributed by atoms with Gasteiger partial charge in [-0.15, -0.1) is 11.3 Å². The van der Waals surface area contributed by atoms with Gasteiger partial charge in [-0.05, 0) is 48.7 Å². The maximum Gasteiger partial charge on any atom is 0.254 e. The molecule has 0 fully saturated rings. The number of halogens is 1. The highest BCUT2D eigenvalue weighted by Gasteiger charge is 2.19. The molecule has 3 aromatic rings. The van der Waals surface area contributed by atoms with E-state index in [0.29, 0.717) is 18.7 Å². The maximum atomic E-state index is 13.1. The molecular formula is C22H19FN2OS. The minimum absolute atomic E-state index is 0.0336. The summed E-state index contributed by atoms with van der Waals surface area (Å²) in [5.41, 5.74) is 4.90. The van der Waals surface area contributed by atoms with Gasteiger partial charge >= 0.3 is 0 Å². The molecule has 0 atom stereocenters. The highest BCUT2D eigenvalue weighted by molar-refractivity contribution is 7.13. The third kappa shape index (κ3) is 3.83. The molecule has 0 N–H and O–H groups in total. The Hall–Kier alpha value is -2.79. The summed E-state index contributed by atoms with van der Waals surface area (Å²) in [4.78, 5) is 19.1. The lowest BCUT2D eigenvalue weighted by Crippen LogP contribution is -2.34. The second-order valence-electron chi connectivity index (χ2n) is 6.61. The molecule has 0 aliphatic carbocycles. The Morgan fingerprint density at radius 3 is 2.37 bits per heavy atom. The molecule has 27 heavy (non-hydrogen) atoms. The highest BCUT2D eigenvalue weighted by atomic mass is 32.1. The molecule has 0 saturated carbocycles. The molecule has 0 bridgehead atoms. The van der Waals surface area contributed by atoms with E-state index in [2.05, 4.69) is 11.1 Å². The van der Waals surface area contributed by atoms with Crippen molar-refractivity contribution in [2.45, 2.75) is 13.3 Å². The number of benzene rings is 2. The summed E-state index contributed by atoms with van der Waals surface area (Å²) in [7, 11) is 0. The molecule has 136 valence electrons. The average molecular weight is 378 g/mol. The van der Waals surface area contributed by atoms with Crippen molar-refractivity contribution in [3.05, 3.63) is 82.6 Å². The summed E-state index contributed by atoms with van der Waals surface area (Å²) in [6.07, 6.45) is 2.83. The molecule has 0 saturated heterocycles. The quantitative estimate of drug-likeness (QED) is 0.629. The zero-order valence-corrected chi connectivity index (χ0v) is 15.8. The molecule has 1 amide bonds. The monoisotopic (exact) mass is 378 g/mol. The van der Waals surface area contributed by atoms with Crippen LogP contribution in [-0.2, 0) is 0 Å². The van der Waals surface area contributed by atoms with E-state index in [1.165, 1.54) is 12.1 Å². The van der Waals surface area contributed by atoms with E-state index in [0.717, 1.165) is 33.8 Å².